The van der Waals surface area contributed by atoms with Gasteiger partial charge in [0, 0.05) is 17.8 Å². The van der Waals surface area contributed by atoms with Gasteiger partial charge in [0.25, 0.3) is 0 Å². The predicted molar refractivity (Wildman–Crippen MR) is 102 cm³/mol. The molecule has 3 spiro atoms. The molecule has 3 nitrogen and oxygen atoms in total. The molecular weight excluding hydrogens is 324 g/mol. The van der Waals surface area contributed by atoms with Crippen LogP contribution in [0, 0.1) is 11.3 Å². The Morgan fingerprint density at radius 3 is 2.65 bits per heavy atom. The van der Waals surface area contributed by atoms with E-state index in [1.165, 1.54) is 24.0 Å². The maximum absolute atomic E-state index is 7.17. The van der Waals surface area contributed by atoms with Crippen molar-refractivity contribution in [3.05, 3.63) is 36.5 Å². The van der Waals surface area contributed by atoms with E-state index in [1.807, 2.05) is 6.08 Å². The van der Waals surface area contributed by atoms with Crippen molar-refractivity contribution in [1.29, 1.82) is 0 Å². The standard InChI is InChI=1S/C23H32O3/c1-4-18-8-11-20(3)19(9-12-23(20)24-15-16-25-23)22(18)14-13-21(26-22)10-6-5-7-17(21)2/h4,8,19H,1-2,5-7,9-16H2,3H3/t19-,20-,21+,22+/m0/s1. The molecule has 5 rings (SSSR count). The van der Waals surface area contributed by atoms with Crippen LogP contribution >= 0.6 is 0 Å². The molecule has 2 saturated heterocycles. The summed E-state index contributed by atoms with van der Waals surface area (Å²) < 4.78 is 19.7. The fourth-order valence-electron chi connectivity index (χ4n) is 7.00. The largest absolute Gasteiger partial charge is 0.359 e. The lowest BCUT2D eigenvalue weighted by Gasteiger charge is -2.53. The van der Waals surface area contributed by atoms with E-state index in [0.29, 0.717) is 5.92 Å². The quantitative estimate of drug-likeness (QED) is 0.613. The highest BCUT2D eigenvalue weighted by molar-refractivity contribution is 5.39. The molecule has 5 aliphatic rings. The first-order valence-corrected chi connectivity index (χ1v) is 10.5. The summed E-state index contributed by atoms with van der Waals surface area (Å²) in [4.78, 5) is 0. The molecule has 0 N–H and O–H groups in total. The SMILES string of the molecule is C=CC1=CC[C@@]2(C)[C@H](CCC23OCCO3)[C@@]12CC[C@@]1(CCCCC1=C)O2. The van der Waals surface area contributed by atoms with Gasteiger partial charge in [0.15, 0.2) is 5.79 Å². The normalized spacial score (nSPS) is 46.9. The van der Waals surface area contributed by atoms with E-state index in [4.69, 9.17) is 14.2 Å². The Morgan fingerprint density at radius 1 is 1.12 bits per heavy atom. The van der Waals surface area contributed by atoms with Crippen molar-refractivity contribution in [2.24, 2.45) is 11.3 Å². The van der Waals surface area contributed by atoms with Crippen LogP contribution in [0.4, 0.5) is 0 Å². The van der Waals surface area contributed by atoms with Crippen LogP contribution in [0.25, 0.3) is 0 Å². The van der Waals surface area contributed by atoms with E-state index in [2.05, 4.69) is 26.2 Å². The summed E-state index contributed by atoms with van der Waals surface area (Å²) in [5, 5.41) is 0. The molecule has 142 valence electrons. The van der Waals surface area contributed by atoms with E-state index in [0.717, 1.165) is 58.2 Å². The first kappa shape index (κ1) is 17.2. The topological polar surface area (TPSA) is 27.7 Å². The third kappa shape index (κ3) is 1.95. The number of hydrogen-bond donors (Lipinski definition) is 0. The van der Waals surface area contributed by atoms with Crippen LogP contribution < -0.4 is 0 Å². The molecule has 0 amide bonds. The van der Waals surface area contributed by atoms with Crippen LogP contribution in [0.2, 0.25) is 0 Å². The molecule has 26 heavy (non-hydrogen) atoms. The molecule has 4 fully saturated rings. The van der Waals surface area contributed by atoms with E-state index in [-0.39, 0.29) is 16.6 Å². The van der Waals surface area contributed by atoms with Crippen molar-refractivity contribution in [1.82, 2.24) is 0 Å². The van der Waals surface area contributed by atoms with Crippen LogP contribution in [0.15, 0.2) is 36.5 Å². The van der Waals surface area contributed by atoms with Gasteiger partial charge in [-0.1, -0.05) is 32.2 Å². The Labute approximate surface area is 157 Å². The Morgan fingerprint density at radius 2 is 1.92 bits per heavy atom. The van der Waals surface area contributed by atoms with Crippen molar-refractivity contribution in [2.45, 2.75) is 81.7 Å². The van der Waals surface area contributed by atoms with Crippen LogP contribution in [0.1, 0.15) is 64.7 Å². The zero-order chi connectivity index (χ0) is 18.0. The highest BCUT2D eigenvalue weighted by Gasteiger charge is 2.70. The molecule has 0 aromatic rings. The van der Waals surface area contributed by atoms with Gasteiger partial charge in [0.1, 0.15) is 0 Å². The summed E-state index contributed by atoms with van der Waals surface area (Å²) in [6, 6.07) is 0. The van der Waals surface area contributed by atoms with Gasteiger partial charge in [-0.15, -0.1) is 0 Å². The summed E-state index contributed by atoms with van der Waals surface area (Å²) >= 11 is 0. The highest BCUT2D eigenvalue weighted by atomic mass is 16.7. The molecule has 0 aromatic carbocycles. The molecule has 2 aliphatic heterocycles. The lowest BCUT2D eigenvalue weighted by molar-refractivity contribution is -0.242. The minimum atomic E-state index is -0.420. The second-order valence-corrected chi connectivity index (χ2v) is 9.32. The molecule has 0 bridgehead atoms. The smallest absolute Gasteiger partial charge is 0.174 e. The molecule has 2 saturated carbocycles. The number of rotatable bonds is 1. The second kappa shape index (κ2) is 5.56. The molecule has 3 heteroatoms. The summed E-state index contributed by atoms with van der Waals surface area (Å²) in [6.07, 6.45) is 14.4. The summed E-state index contributed by atoms with van der Waals surface area (Å²) in [7, 11) is 0. The van der Waals surface area contributed by atoms with E-state index in [1.54, 1.807) is 0 Å². The number of hydrogen-bond acceptors (Lipinski definition) is 3. The molecule has 0 aromatic heterocycles. The second-order valence-electron chi connectivity index (χ2n) is 9.32. The first-order valence-electron chi connectivity index (χ1n) is 10.5. The van der Waals surface area contributed by atoms with Gasteiger partial charge in [-0.25, -0.2) is 0 Å². The Bertz CT molecular complexity index is 673. The number of fused-ring (bicyclic) bond motifs is 3. The molecule has 2 heterocycles. The van der Waals surface area contributed by atoms with Gasteiger partial charge in [-0.2, -0.15) is 0 Å². The van der Waals surface area contributed by atoms with Gasteiger partial charge in [-0.3, -0.25) is 0 Å². The van der Waals surface area contributed by atoms with Crippen molar-refractivity contribution in [3.8, 4) is 0 Å². The summed E-state index contributed by atoms with van der Waals surface area (Å²) in [5.41, 5.74) is 2.22. The van der Waals surface area contributed by atoms with E-state index < -0.39 is 5.79 Å². The Balaban J connectivity index is 1.57. The maximum Gasteiger partial charge on any atom is 0.174 e. The zero-order valence-corrected chi connectivity index (χ0v) is 16.1. The Hall–Kier alpha value is -0.900. The van der Waals surface area contributed by atoms with Crippen LogP contribution in [-0.4, -0.2) is 30.2 Å². The third-order valence-electron chi connectivity index (χ3n) is 8.40. The van der Waals surface area contributed by atoms with Crippen molar-refractivity contribution in [3.63, 3.8) is 0 Å². The fourth-order valence-corrected chi connectivity index (χ4v) is 7.00. The van der Waals surface area contributed by atoms with Crippen LogP contribution in [-0.2, 0) is 14.2 Å². The lowest BCUT2D eigenvalue weighted by Crippen LogP contribution is -2.56. The average molecular weight is 357 g/mol. The van der Waals surface area contributed by atoms with Gasteiger partial charge >= 0.3 is 0 Å². The van der Waals surface area contributed by atoms with Gasteiger partial charge in [0.05, 0.1) is 24.4 Å². The molecule has 0 radical (unpaired) electrons. The first-order chi connectivity index (χ1) is 12.5. The van der Waals surface area contributed by atoms with Gasteiger partial charge in [0.2, 0.25) is 0 Å². The number of ether oxygens (including phenoxy) is 3. The average Bonchev–Trinajstić information content (AvgIpc) is 3.33. The minimum absolute atomic E-state index is 0.0302. The van der Waals surface area contributed by atoms with E-state index >= 15 is 0 Å². The van der Waals surface area contributed by atoms with Crippen molar-refractivity contribution in [2.75, 3.05) is 13.2 Å². The molecule has 3 aliphatic carbocycles. The minimum Gasteiger partial charge on any atom is -0.359 e. The van der Waals surface area contributed by atoms with Gasteiger partial charge < -0.3 is 14.2 Å². The predicted octanol–water partition coefficient (Wildman–Crippen LogP) is 5.08. The summed E-state index contributed by atoms with van der Waals surface area (Å²) in [6.45, 7) is 12.4. The lowest BCUT2D eigenvalue weighted by atomic mass is 9.60. The summed E-state index contributed by atoms with van der Waals surface area (Å²) in [5.74, 6) is -0.00323. The Kier molecular flexibility index (Phi) is 3.68. The van der Waals surface area contributed by atoms with E-state index in [9.17, 15) is 0 Å². The fraction of sp³-hybridized carbons (Fsp3) is 0.739. The van der Waals surface area contributed by atoms with Crippen molar-refractivity contribution < 1.29 is 14.2 Å². The number of allylic oxidation sites excluding steroid dienone is 1. The van der Waals surface area contributed by atoms with Crippen LogP contribution in [0.3, 0.4) is 0 Å². The highest BCUT2D eigenvalue weighted by Crippen LogP contribution is 2.67. The third-order valence-corrected chi connectivity index (χ3v) is 8.40. The molecular formula is C23H32O3. The van der Waals surface area contributed by atoms with Crippen LogP contribution in [0.5, 0.6) is 0 Å². The molecule has 0 unspecified atom stereocenters. The monoisotopic (exact) mass is 356 g/mol. The maximum atomic E-state index is 7.17. The van der Waals surface area contributed by atoms with Crippen molar-refractivity contribution >= 4 is 0 Å². The molecule has 4 atom stereocenters. The zero-order valence-electron chi connectivity index (χ0n) is 16.1. The van der Waals surface area contributed by atoms with Gasteiger partial charge in [-0.05, 0) is 62.5 Å².